The Bertz CT molecular complexity index is 1220. The van der Waals surface area contributed by atoms with E-state index in [-0.39, 0.29) is 36.0 Å². The lowest BCUT2D eigenvalue weighted by Gasteiger charge is -2.14. The monoisotopic (exact) mass is 505 g/mol. The molecular formula is C25H30ClF2N5O2. The second kappa shape index (κ2) is 10.1. The molecule has 2 fully saturated rings. The Balaban J connectivity index is 0.00000289. The second-order valence-corrected chi connectivity index (χ2v) is 9.66. The molecule has 0 spiro atoms. The number of aromatic amines is 1. The summed E-state index contributed by atoms with van der Waals surface area (Å²) in [5, 5.41) is 3.09. The Hall–Kier alpha value is -2.78. The molecule has 188 valence electrons. The highest BCUT2D eigenvalue weighted by Gasteiger charge is 2.31. The van der Waals surface area contributed by atoms with Crippen LogP contribution in [0.3, 0.4) is 0 Å². The first-order valence-corrected chi connectivity index (χ1v) is 11.8. The van der Waals surface area contributed by atoms with Gasteiger partial charge in [0.1, 0.15) is 23.3 Å². The van der Waals surface area contributed by atoms with E-state index in [1.165, 1.54) is 18.5 Å². The third-order valence-electron chi connectivity index (χ3n) is 6.96. The highest BCUT2D eigenvalue weighted by Crippen LogP contribution is 2.38. The number of carbonyl (C=O) groups is 1. The maximum Gasteiger partial charge on any atom is 0.263 e. The Morgan fingerprint density at radius 2 is 2.06 bits per heavy atom. The molecule has 1 aromatic carbocycles. The zero-order valence-corrected chi connectivity index (χ0v) is 20.5. The van der Waals surface area contributed by atoms with E-state index < -0.39 is 6.43 Å². The summed E-state index contributed by atoms with van der Waals surface area (Å²) in [5.74, 6) is 1.11. The van der Waals surface area contributed by atoms with Gasteiger partial charge in [-0.1, -0.05) is 6.92 Å². The van der Waals surface area contributed by atoms with Gasteiger partial charge in [-0.2, -0.15) is 0 Å². The van der Waals surface area contributed by atoms with E-state index >= 15 is 0 Å². The largest absolute Gasteiger partial charge is 0.493 e. The second-order valence-electron chi connectivity index (χ2n) is 9.66. The van der Waals surface area contributed by atoms with Crippen molar-refractivity contribution in [3.05, 3.63) is 41.3 Å². The molecule has 7 nitrogen and oxygen atoms in total. The number of H-pyrrole nitrogens is 1. The number of nitrogens with zero attached hydrogens (tertiary/aromatic N) is 2. The van der Waals surface area contributed by atoms with Crippen LogP contribution in [0.2, 0.25) is 0 Å². The zero-order chi connectivity index (χ0) is 24.0. The Morgan fingerprint density at radius 1 is 1.29 bits per heavy atom. The minimum Gasteiger partial charge on any atom is -0.493 e. The maximum absolute atomic E-state index is 13.5. The fraction of sp³-hybridized carbons (Fsp3) is 0.480. The number of aryl methyl sites for hydroxylation is 1. The average Bonchev–Trinajstić information content (AvgIpc) is 3.49. The van der Waals surface area contributed by atoms with Crippen molar-refractivity contribution in [2.45, 2.75) is 58.0 Å². The lowest BCUT2D eigenvalue weighted by Crippen LogP contribution is -2.34. The van der Waals surface area contributed by atoms with Crippen LogP contribution < -0.4 is 15.8 Å². The first-order chi connectivity index (χ1) is 16.3. The summed E-state index contributed by atoms with van der Waals surface area (Å²) in [6.45, 7) is 4.42. The van der Waals surface area contributed by atoms with E-state index in [2.05, 4.69) is 27.2 Å². The molecule has 0 unspecified atom stereocenters. The minimum atomic E-state index is -2.62. The van der Waals surface area contributed by atoms with Gasteiger partial charge < -0.3 is 20.8 Å². The molecule has 2 aliphatic carbocycles. The molecule has 2 aromatic heterocycles. The average molecular weight is 506 g/mol. The highest BCUT2D eigenvalue weighted by molar-refractivity contribution is 6.09. The number of halogens is 3. The summed E-state index contributed by atoms with van der Waals surface area (Å²) in [6.07, 6.45) is 2.52. The van der Waals surface area contributed by atoms with E-state index in [1.807, 2.05) is 0 Å². The number of nitrogens with one attached hydrogen (secondary N) is 2. The third-order valence-corrected chi connectivity index (χ3v) is 6.96. The fourth-order valence-electron chi connectivity index (χ4n) is 4.75. The van der Waals surface area contributed by atoms with Crippen LogP contribution in [0.4, 0.5) is 8.78 Å². The molecule has 1 amide bonds. The zero-order valence-electron chi connectivity index (χ0n) is 19.7. The van der Waals surface area contributed by atoms with Crippen molar-refractivity contribution in [2.24, 2.45) is 17.6 Å². The van der Waals surface area contributed by atoms with Crippen molar-refractivity contribution in [1.29, 1.82) is 0 Å². The molecule has 35 heavy (non-hydrogen) atoms. The predicted octanol–water partition coefficient (Wildman–Crippen LogP) is 4.94. The number of benzene rings is 1. The Kier molecular flexibility index (Phi) is 7.28. The van der Waals surface area contributed by atoms with Gasteiger partial charge in [0.25, 0.3) is 12.3 Å². The number of alkyl halides is 2. The lowest BCUT2D eigenvalue weighted by molar-refractivity contribution is 0.0938. The van der Waals surface area contributed by atoms with Crippen molar-refractivity contribution < 1.29 is 18.3 Å². The van der Waals surface area contributed by atoms with Gasteiger partial charge in [-0.15, -0.1) is 12.4 Å². The van der Waals surface area contributed by atoms with Crippen molar-refractivity contribution in [3.8, 4) is 17.0 Å². The lowest BCUT2D eigenvalue weighted by atomic mass is 10.0. The van der Waals surface area contributed by atoms with Crippen LogP contribution in [0, 0.1) is 18.8 Å². The number of aromatic nitrogens is 3. The summed E-state index contributed by atoms with van der Waals surface area (Å²) in [4.78, 5) is 25.2. The Morgan fingerprint density at radius 3 is 2.71 bits per heavy atom. The van der Waals surface area contributed by atoms with Crippen LogP contribution in [0.15, 0.2) is 24.5 Å². The molecule has 0 bridgehead atoms. The Labute approximate surface area is 208 Å². The standard InChI is InChI=1S/C25H29F2N5O2.ClH/c1-12-7-16(9-18(12)28)32-25(33)20-13(2)31-23-21(29-11-30-22(20)23)17-8-15(24(26)27)5-6-19(17)34-10-14-3-4-14;/h5-6,8,11-12,14,16,18,24,31H,3-4,7,9-10,28H2,1-2H3,(H,32,33);1H/t12-,16+,18-;/m0./s1. The molecule has 10 heteroatoms. The molecule has 2 saturated carbocycles. The number of hydrogen-bond acceptors (Lipinski definition) is 5. The van der Waals surface area contributed by atoms with E-state index in [0.29, 0.717) is 57.7 Å². The topological polar surface area (TPSA) is 106 Å². The van der Waals surface area contributed by atoms with Crippen molar-refractivity contribution in [1.82, 2.24) is 20.3 Å². The van der Waals surface area contributed by atoms with Crippen LogP contribution in [-0.2, 0) is 0 Å². The van der Waals surface area contributed by atoms with Crippen LogP contribution in [0.25, 0.3) is 22.3 Å². The summed E-state index contributed by atoms with van der Waals surface area (Å²) in [7, 11) is 0. The number of nitrogens with two attached hydrogens (primary N) is 1. The fourth-order valence-corrected chi connectivity index (χ4v) is 4.75. The summed E-state index contributed by atoms with van der Waals surface area (Å²) < 4.78 is 33.0. The van der Waals surface area contributed by atoms with Gasteiger partial charge in [0.2, 0.25) is 0 Å². The smallest absolute Gasteiger partial charge is 0.263 e. The third kappa shape index (κ3) is 5.11. The van der Waals surface area contributed by atoms with Crippen molar-refractivity contribution in [2.75, 3.05) is 6.61 Å². The van der Waals surface area contributed by atoms with Gasteiger partial charge >= 0.3 is 0 Å². The van der Waals surface area contributed by atoms with Gasteiger partial charge in [0.05, 0.1) is 17.7 Å². The van der Waals surface area contributed by atoms with E-state index in [1.54, 1.807) is 13.0 Å². The SMILES string of the molecule is Cc1[nH]c2c(-c3cc(C(F)F)ccc3OCC3CC3)ncnc2c1C(=O)N[C@@H]1C[C@H](C)[C@@H](N)C1.Cl. The number of carbonyl (C=O) groups excluding carboxylic acids is 1. The molecule has 2 aliphatic rings. The molecule has 0 radical (unpaired) electrons. The van der Waals surface area contributed by atoms with E-state index in [4.69, 9.17) is 10.5 Å². The van der Waals surface area contributed by atoms with Gasteiger partial charge in [0.15, 0.2) is 0 Å². The first kappa shape index (κ1) is 25.3. The molecule has 3 aromatic rings. The number of hydrogen-bond donors (Lipinski definition) is 3. The van der Waals surface area contributed by atoms with Gasteiger partial charge in [-0.05, 0) is 62.6 Å². The van der Waals surface area contributed by atoms with Gasteiger partial charge in [-0.3, -0.25) is 4.79 Å². The molecule has 3 atom stereocenters. The van der Waals surface area contributed by atoms with Gasteiger partial charge in [0, 0.05) is 28.9 Å². The number of rotatable bonds is 7. The van der Waals surface area contributed by atoms with Crippen molar-refractivity contribution in [3.63, 3.8) is 0 Å². The maximum atomic E-state index is 13.5. The van der Waals surface area contributed by atoms with E-state index in [9.17, 15) is 13.6 Å². The van der Waals surface area contributed by atoms with Crippen LogP contribution in [-0.4, -0.2) is 39.5 Å². The molecule has 0 saturated heterocycles. The highest BCUT2D eigenvalue weighted by atomic mass is 35.5. The normalized spacial score (nSPS) is 21.8. The number of ether oxygens (including phenoxy) is 1. The molecular weight excluding hydrogens is 476 g/mol. The molecule has 0 aliphatic heterocycles. The quantitative estimate of drug-likeness (QED) is 0.422. The first-order valence-electron chi connectivity index (χ1n) is 11.8. The molecule has 4 N–H and O–H groups in total. The van der Waals surface area contributed by atoms with E-state index in [0.717, 1.165) is 25.7 Å². The summed E-state index contributed by atoms with van der Waals surface area (Å²) in [6, 6.07) is 4.43. The summed E-state index contributed by atoms with van der Waals surface area (Å²) >= 11 is 0. The van der Waals surface area contributed by atoms with Crippen molar-refractivity contribution >= 4 is 29.3 Å². The number of fused-ring (bicyclic) bond motifs is 1. The van der Waals surface area contributed by atoms with Gasteiger partial charge in [-0.25, -0.2) is 18.7 Å². The van der Waals surface area contributed by atoms with Crippen LogP contribution >= 0.6 is 12.4 Å². The molecule has 5 rings (SSSR count). The van der Waals surface area contributed by atoms with Crippen LogP contribution in [0.1, 0.15) is 60.6 Å². The predicted molar refractivity (Wildman–Crippen MR) is 132 cm³/mol. The molecule has 2 heterocycles. The summed E-state index contributed by atoms with van der Waals surface area (Å²) in [5.41, 5.74) is 8.91. The van der Waals surface area contributed by atoms with Crippen LogP contribution in [0.5, 0.6) is 5.75 Å². The minimum absolute atomic E-state index is 0. The number of amides is 1.